The number of carbonyl (C=O) groups excluding carboxylic acids is 1. The van der Waals surface area contributed by atoms with Gasteiger partial charge < -0.3 is 15.5 Å². The zero-order valence-corrected chi connectivity index (χ0v) is 15.4. The molecule has 0 spiro atoms. The Morgan fingerprint density at radius 2 is 2.03 bits per heavy atom. The van der Waals surface area contributed by atoms with Crippen LogP contribution in [0.1, 0.15) is 10.5 Å². The minimum Gasteiger partial charge on any atom is -0.352 e. The van der Waals surface area contributed by atoms with Gasteiger partial charge in [-0.1, -0.05) is 6.07 Å². The van der Waals surface area contributed by atoms with Gasteiger partial charge >= 0.3 is 6.18 Å². The number of piperazine rings is 1. The Morgan fingerprint density at radius 3 is 2.77 bits per heavy atom. The lowest BCUT2D eigenvalue weighted by Crippen LogP contribution is -2.57. The van der Waals surface area contributed by atoms with Gasteiger partial charge in [-0.05, 0) is 18.2 Å². The zero-order chi connectivity index (χ0) is 21.3. The second kappa shape index (κ2) is 7.82. The number of aromatic nitrogens is 3. The average Bonchev–Trinajstić information content (AvgIpc) is 2.73. The number of benzene rings is 1. The van der Waals surface area contributed by atoms with Gasteiger partial charge in [0.2, 0.25) is 0 Å². The summed E-state index contributed by atoms with van der Waals surface area (Å²) in [6.07, 6.45) is -0.431. The van der Waals surface area contributed by atoms with Crippen LogP contribution in [-0.2, 0) is 0 Å². The summed E-state index contributed by atoms with van der Waals surface area (Å²) < 4.78 is 52.6. The Hall–Kier alpha value is -3.34. The predicted octanol–water partition coefficient (Wildman–Crippen LogP) is 2.76. The van der Waals surface area contributed by atoms with Crippen LogP contribution >= 0.6 is 0 Å². The molecule has 3 heterocycles. The second-order valence-electron chi connectivity index (χ2n) is 6.74. The molecule has 4 rings (SSSR count). The first-order valence-electron chi connectivity index (χ1n) is 9.04. The highest BCUT2D eigenvalue weighted by molar-refractivity contribution is 6.07. The van der Waals surface area contributed by atoms with E-state index in [0.29, 0.717) is 17.4 Å². The Morgan fingerprint density at radius 1 is 1.20 bits per heavy atom. The number of pyridine rings is 1. The van der Waals surface area contributed by atoms with Gasteiger partial charge in [0, 0.05) is 31.2 Å². The number of carbonyl (C=O) groups is 1. The van der Waals surface area contributed by atoms with Crippen molar-refractivity contribution in [1.82, 2.24) is 20.3 Å². The van der Waals surface area contributed by atoms with Crippen molar-refractivity contribution in [3.63, 3.8) is 0 Å². The second-order valence-corrected chi connectivity index (χ2v) is 6.74. The summed E-state index contributed by atoms with van der Waals surface area (Å²) in [5.41, 5.74) is 0.530. The van der Waals surface area contributed by atoms with E-state index in [1.165, 1.54) is 29.6 Å². The molecule has 3 aromatic rings. The summed E-state index contributed by atoms with van der Waals surface area (Å²) in [5, 5.41) is 5.49. The molecular weight excluding hydrogens is 404 g/mol. The van der Waals surface area contributed by atoms with Crippen molar-refractivity contribution in [2.75, 3.05) is 29.9 Å². The van der Waals surface area contributed by atoms with Gasteiger partial charge in [0.05, 0.1) is 23.6 Å². The third-order valence-electron chi connectivity index (χ3n) is 4.68. The molecule has 1 atom stereocenters. The SMILES string of the molecule is O=C(Nc1cc(F)cc2cccnc12)c1cnc(N2CCNC(C(F)(F)F)C2)cn1. The van der Waals surface area contributed by atoms with E-state index in [0.717, 1.165) is 6.07 Å². The lowest BCUT2D eigenvalue weighted by atomic mass is 10.2. The molecule has 0 bridgehead atoms. The molecule has 1 saturated heterocycles. The van der Waals surface area contributed by atoms with E-state index in [4.69, 9.17) is 0 Å². The highest BCUT2D eigenvalue weighted by atomic mass is 19.4. The molecule has 1 unspecified atom stereocenters. The van der Waals surface area contributed by atoms with E-state index in [2.05, 4.69) is 25.6 Å². The van der Waals surface area contributed by atoms with E-state index in [-0.39, 0.29) is 30.3 Å². The van der Waals surface area contributed by atoms with E-state index >= 15 is 0 Å². The zero-order valence-electron chi connectivity index (χ0n) is 15.4. The first-order valence-corrected chi connectivity index (χ1v) is 9.04. The summed E-state index contributed by atoms with van der Waals surface area (Å²) in [7, 11) is 0. The normalized spacial score (nSPS) is 17.2. The summed E-state index contributed by atoms with van der Waals surface area (Å²) >= 11 is 0. The molecule has 0 aliphatic carbocycles. The molecule has 30 heavy (non-hydrogen) atoms. The number of anilines is 2. The first-order chi connectivity index (χ1) is 14.3. The molecule has 1 amide bonds. The van der Waals surface area contributed by atoms with Crippen molar-refractivity contribution in [2.24, 2.45) is 0 Å². The summed E-state index contributed by atoms with van der Waals surface area (Å²) in [5.74, 6) is -0.939. The maximum atomic E-state index is 13.8. The van der Waals surface area contributed by atoms with E-state index < -0.39 is 23.9 Å². The maximum absolute atomic E-state index is 13.8. The van der Waals surface area contributed by atoms with Gasteiger partial charge in [-0.25, -0.2) is 14.4 Å². The fourth-order valence-electron chi connectivity index (χ4n) is 3.22. The first kappa shape index (κ1) is 20.0. The third-order valence-corrected chi connectivity index (χ3v) is 4.68. The molecular formula is C19H16F4N6O. The number of fused-ring (bicyclic) bond motifs is 1. The van der Waals surface area contributed by atoms with Gasteiger partial charge in [0.25, 0.3) is 5.91 Å². The highest BCUT2D eigenvalue weighted by Crippen LogP contribution is 2.25. The maximum Gasteiger partial charge on any atom is 0.405 e. The molecule has 2 N–H and O–H groups in total. The smallest absolute Gasteiger partial charge is 0.352 e. The molecule has 2 aromatic heterocycles. The van der Waals surface area contributed by atoms with Crippen molar-refractivity contribution in [2.45, 2.75) is 12.2 Å². The minimum absolute atomic E-state index is 0.0606. The Labute approximate surface area is 168 Å². The third kappa shape index (κ3) is 4.15. The number of hydrogen-bond donors (Lipinski definition) is 2. The average molecular weight is 420 g/mol. The molecule has 1 aromatic carbocycles. The van der Waals surface area contributed by atoms with Crippen molar-refractivity contribution in [3.8, 4) is 0 Å². The number of hydrogen-bond acceptors (Lipinski definition) is 6. The van der Waals surface area contributed by atoms with Crippen molar-refractivity contribution in [1.29, 1.82) is 0 Å². The Kier molecular flexibility index (Phi) is 5.20. The molecule has 1 aliphatic rings. The Bertz CT molecular complexity index is 1070. The number of rotatable bonds is 3. The van der Waals surface area contributed by atoms with E-state index in [9.17, 15) is 22.4 Å². The van der Waals surface area contributed by atoms with Gasteiger partial charge in [0.15, 0.2) is 0 Å². The molecule has 0 saturated carbocycles. The van der Waals surface area contributed by atoms with Crippen LogP contribution in [0.5, 0.6) is 0 Å². The van der Waals surface area contributed by atoms with Crippen LogP contribution in [0.3, 0.4) is 0 Å². The van der Waals surface area contributed by atoms with Gasteiger partial charge in [-0.2, -0.15) is 13.2 Å². The van der Waals surface area contributed by atoms with Crippen LogP contribution in [0.15, 0.2) is 42.9 Å². The quantitative estimate of drug-likeness (QED) is 0.634. The van der Waals surface area contributed by atoms with Gasteiger partial charge in [-0.15, -0.1) is 0 Å². The lowest BCUT2D eigenvalue weighted by Gasteiger charge is -2.35. The van der Waals surface area contributed by atoms with Crippen LogP contribution < -0.4 is 15.5 Å². The number of nitrogens with one attached hydrogen (secondary N) is 2. The topological polar surface area (TPSA) is 83.0 Å². The molecule has 0 radical (unpaired) electrons. The van der Waals surface area contributed by atoms with E-state index in [1.807, 2.05) is 0 Å². The van der Waals surface area contributed by atoms with Crippen LogP contribution in [-0.4, -0.2) is 52.7 Å². The molecule has 7 nitrogen and oxygen atoms in total. The predicted molar refractivity (Wildman–Crippen MR) is 102 cm³/mol. The number of nitrogens with zero attached hydrogens (tertiary/aromatic N) is 4. The number of amides is 1. The molecule has 1 fully saturated rings. The fourth-order valence-corrected chi connectivity index (χ4v) is 3.22. The standard InChI is InChI=1S/C19H16F4N6O/c20-12-6-11-2-1-3-25-17(11)13(7-12)28-18(30)14-8-27-16(9-26-14)29-5-4-24-15(10-29)19(21,22)23/h1-3,6-9,15,24H,4-5,10H2,(H,28,30). The molecule has 1 aliphatic heterocycles. The van der Waals surface area contributed by atoms with Crippen LogP contribution in [0.4, 0.5) is 29.1 Å². The van der Waals surface area contributed by atoms with Crippen LogP contribution in [0.2, 0.25) is 0 Å². The number of halogens is 4. The summed E-state index contributed by atoms with van der Waals surface area (Å²) in [6, 6.07) is 4.10. The van der Waals surface area contributed by atoms with Crippen LogP contribution in [0.25, 0.3) is 10.9 Å². The van der Waals surface area contributed by atoms with Crippen molar-refractivity contribution < 1.29 is 22.4 Å². The monoisotopic (exact) mass is 420 g/mol. The number of alkyl halides is 3. The van der Waals surface area contributed by atoms with E-state index in [1.54, 1.807) is 12.1 Å². The van der Waals surface area contributed by atoms with Crippen molar-refractivity contribution >= 4 is 28.3 Å². The molecule has 11 heteroatoms. The summed E-state index contributed by atoms with van der Waals surface area (Å²) in [6.45, 7) is 0.173. The minimum atomic E-state index is -4.37. The lowest BCUT2D eigenvalue weighted by molar-refractivity contribution is -0.155. The van der Waals surface area contributed by atoms with Crippen LogP contribution in [0, 0.1) is 5.82 Å². The van der Waals surface area contributed by atoms with Gasteiger partial charge in [0.1, 0.15) is 23.4 Å². The van der Waals surface area contributed by atoms with Crippen molar-refractivity contribution in [3.05, 3.63) is 54.4 Å². The Balaban J connectivity index is 1.50. The van der Waals surface area contributed by atoms with Gasteiger partial charge in [-0.3, -0.25) is 9.78 Å². The fraction of sp³-hybridized carbons (Fsp3) is 0.263. The highest BCUT2D eigenvalue weighted by Gasteiger charge is 2.42. The largest absolute Gasteiger partial charge is 0.405 e. The molecule has 156 valence electrons. The summed E-state index contributed by atoms with van der Waals surface area (Å²) in [4.78, 5) is 26.2.